The predicted octanol–water partition coefficient (Wildman–Crippen LogP) is 5.50. The number of nitriles is 1. The second kappa shape index (κ2) is 11.0. The Kier molecular flexibility index (Phi) is 7.31. The zero-order valence-electron chi connectivity index (χ0n) is 21.8. The molecule has 1 saturated heterocycles. The lowest BCUT2D eigenvalue weighted by molar-refractivity contribution is 0.269. The Balaban J connectivity index is 1.37. The fourth-order valence-corrected chi connectivity index (χ4v) is 4.91. The van der Waals surface area contributed by atoms with Crippen LogP contribution in [0.1, 0.15) is 40.1 Å². The number of aromatic nitrogens is 3. The van der Waals surface area contributed by atoms with Crippen LogP contribution in [0.3, 0.4) is 0 Å². The zero-order valence-corrected chi connectivity index (χ0v) is 21.8. The van der Waals surface area contributed by atoms with Crippen molar-refractivity contribution < 1.29 is 0 Å². The smallest absolute Gasteiger partial charge is 0.103 e. The predicted molar refractivity (Wildman–Crippen MR) is 151 cm³/mol. The van der Waals surface area contributed by atoms with E-state index in [-0.39, 0.29) is 0 Å². The third kappa shape index (κ3) is 5.56. The molecule has 37 heavy (non-hydrogen) atoms. The van der Waals surface area contributed by atoms with Gasteiger partial charge in [-0.15, -0.1) is 0 Å². The Morgan fingerprint density at radius 2 is 1.92 bits per heavy atom. The van der Waals surface area contributed by atoms with Crippen LogP contribution in [-0.4, -0.2) is 58.0 Å². The molecule has 0 radical (unpaired) electrons. The molecule has 1 fully saturated rings. The van der Waals surface area contributed by atoms with Gasteiger partial charge in [0.1, 0.15) is 6.07 Å². The van der Waals surface area contributed by atoms with Crippen LogP contribution >= 0.6 is 0 Å². The summed E-state index contributed by atoms with van der Waals surface area (Å²) in [4.78, 5) is 17.3. The molecule has 0 atom stereocenters. The zero-order chi connectivity index (χ0) is 25.8. The average molecular weight is 492 g/mol. The summed E-state index contributed by atoms with van der Waals surface area (Å²) in [5, 5.41) is 14.5. The molecule has 1 aliphatic heterocycles. The first kappa shape index (κ1) is 24.7. The molecule has 1 aliphatic rings. The maximum Gasteiger partial charge on any atom is 0.103 e. The number of H-pyrrole nitrogens is 1. The summed E-state index contributed by atoms with van der Waals surface area (Å²) >= 11 is 0. The molecule has 0 aliphatic carbocycles. The summed E-state index contributed by atoms with van der Waals surface area (Å²) in [6, 6.07) is 12.7. The molecule has 2 N–H and O–H groups in total. The lowest BCUT2D eigenvalue weighted by atomic mass is 10.0. The van der Waals surface area contributed by atoms with Crippen LogP contribution in [-0.2, 0) is 6.54 Å². The van der Waals surface area contributed by atoms with E-state index in [1.165, 1.54) is 12.0 Å². The van der Waals surface area contributed by atoms with Gasteiger partial charge >= 0.3 is 0 Å². The van der Waals surface area contributed by atoms with E-state index in [1.807, 2.05) is 37.5 Å². The molecule has 7 heteroatoms. The highest BCUT2D eigenvalue weighted by atomic mass is 15.2. The van der Waals surface area contributed by atoms with Crippen molar-refractivity contribution >= 4 is 34.4 Å². The van der Waals surface area contributed by atoms with Crippen molar-refractivity contribution in [2.75, 3.05) is 38.5 Å². The molecule has 3 aromatic heterocycles. The number of hydrogen-bond acceptors (Lipinski definition) is 6. The quantitative estimate of drug-likeness (QED) is 0.371. The monoisotopic (exact) mass is 491 g/mol. The minimum absolute atomic E-state index is 0.505. The first-order valence-corrected chi connectivity index (χ1v) is 12.8. The third-order valence-electron chi connectivity index (χ3n) is 7.19. The van der Waals surface area contributed by atoms with Crippen molar-refractivity contribution in [1.29, 1.82) is 5.26 Å². The van der Waals surface area contributed by atoms with Gasteiger partial charge in [0.15, 0.2) is 0 Å². The lowest BCUT2D eigenvalue weighted by Gasteiger charge is -2.19. The molecule has 4 aromatic rings. The normalized spacial score (nSPS) is 15.2. The van der Waals surface area contributed by atoms with E-state index in [9.17, 15) is 5.26 Å². The average Bonchev–Trinajstić information content (AvgIpc) is 3.30. The van der Waals surface area contributed by atoms with Crippen LogP contribution in [0.25, 0.3) is 23.1 Å². The summed E-state index contributed by atoms with van der Waals surface area (Å²) in [6.07, 6.45) is 10.7. The van der Waals surface area contributed by atoms with Gasteiger partial charge in [-0.2, -0.15) is 5.26 Å². The number of nitrogens with one attached hydrogen (secondary N) is 2. The summed E-state index contributed by atoms with van der Waals surface area (Å²) in [5.41, 5.74) is 8.27. The molecular formula is C30H33N7. The van der Waals surface area contributed by atoms with Crippen molar-refractivity contribution in [3.05, 3.63) is 82.6 Å². The van der Waals surface area contributed by atoms with Gasteiger partial charge in [0.05, 0.1) is 16.9 Å². The Hall–Kier alpha value is -3.99. The molecule has 0 amide bonds. The van der Waals surface area contributed by atoms with E-state index in [0.29, 0.717) is 5.56 Å². The SMILES string of the molecule is Cc1ncc(C#N)c(Nc2ccc3[nH]ccc3c2C)c1/C=C/c1ccc(CN2CCCN(C)CC2)cn1. The maximum absolute atomic E-state index is 9.82. The van der Waals surface area contributed by atoms with E-state index in [0.717, 1.165) is 77.5 Å². The number of benzene rings is 1. The summed E-state index contributed by atoms with van der Waals surface area (Å²) < 4.78 is 0. The fourth-order valence-electron chi connectivity index (χ4n) is 4.91. The maximum atomic E-state index is 9.82. The molecule has 4 heterocycles. The summed E-state index contributed by atoms with van der Waals surface area (Å²) in [6.45, 7) is 9.46. The number of aryl methyl sites for hydroxylation is 2. The standard InChI is InChI=1S/C30H33N7/c1-21-26-11-12-32-29(26)10-9-28(21)35-30-24(17-31)19-33-22(2)27(30)8-7-25-6-5-23(18-34-25)20-37-14-4-13-36(3)15-16-37/h5-12,18-19,32H,4,13-16,20H2,1-3H3,(H,33,35)/b8-7+. The number of hydrogen-bond donors (Lipinski definition) is 2. The van der Waals surface area contributed by atoms with Crippen molar-refractivity contribution in [2.24, 2.45) is 0 Å². The molecule has 0 saturated carbocycles. The van der Waals surface area contributed by atoms with Crippen molar-refractivity contribution in [3.63, 3.8) is 0 Å². The molecule has 1 aromatic carbocycles. The van der Waals surface area contributed by atoms with Crippen molar-refractivity contribution in [2.45, 2.75) is 26.8 Å². The largest absolute Gasteiger partial charge is 0.361 e. The Morgan fingerprint density at radius 1 is 1.03 bits per heavy atom. The summed E-state index contributed by atoms with van der Waals surface area (Å²) in [7, 11) is 2.19. The Labute approximate surface area is 218 Å². The number of aromatic amines is 1. The first-order chi connectivity index (χ1) is 18.0. The van der Waals surface area contributed by atoms with Crippen LogP contribution in [0, 0.1) is 25.2 Å². The molecule has 188 valence electrons. The Morgan fingerprint density at radius 3 is 2.73 bits per heavy atom. The van der Waals surface area contributed by atoms with Crippen molar-refractivity contribution in [1.82, 2.24) is 24.8 Å². The number of pyridine rings is 2. The molecule has 7 nitrogen and oxygen atoms in total. The number of nitrogens with zero attached hydrogens (tertiary/aromatic N) is 5. The van der Waals surface area contributed by atoms with Crippen LogP contribution < -0.4 is 5.32 Å². The highest BCUT2D eigenvalue weighted by Gasteiger charge is 2.14. The van der Waals surface area contributed by atoms with E-state index < -0.39 is 0 Å². The minimum atomic E-state index is 0.505. The van der Waals surface area contributed by atoms with Gasteiger partial charge in [-0.1, -0.05) is 6.07 Å². The molecular weight excluding hydrogens is 458 g/mol. The molecule has 5 rings (SSSR count). The molecule has 0 bridgehead atoms. The van der Waals surface area contributed by atoms with Gasteiger partial charge < -0.3 is 15.2 Å². The topological polar surface area (TPSA) is 83.9 Å². The van der Waals surface area contributed by atoms with Crippen LogP contribution in [0.4, 0.5) is 11.4 Å². The number of anilines is 2. The molecule has 0 unspecified atom stereocenters. The number of likely N-dealkylation sites (N-methyl/N-ethyl adjacent to an activating group) is 1. The van der Waals surface area contributed by atoms with Crippen molar-refractivity contribution in [3.8, 4) is 6.07 Å². The van der Waals surface area contributed by atoms with Gasteiger partial charge in [0.2, 0.25) is 0 Å². The second-order valence-electron chi connectivity index (χ2n) is 9.82. The Bertz CT molecular complexity index is 1460. The van der Waals surface area contributed by atoms with Gasteiger partial charge in [-0.3, -0.25) is 14.9 Å². The highest BCUT2D eigenvalue weighted by molar-refractivity contribution is 5.90. The van der Waals surface area contributed by atoms with Gasteiger partial charge in [-0.05, 0) is 87.9 Å². The van der Waals surface area contributed by atoms with Gasteiger partial charge in [-0.25, -0.2) is 0 Å². The van der Waals surface area contributed by atoms with E-state index in [1.54, 1.807) is 6.20 Å². The van der Waals surface area contributed by atoms with Gasteiger partial charge in [0, 0.05) is 66.1 Å². The summed E-state index contributed by atoms with van der Waals surface area (Å²) in [5.74, 6) is 0. The van der Waals surface area contributed by atoms with E-state index in [4.69, 9.17) is 4.98 Å². The first-order valence-electron chi connectivity index (χ1n) is 12.8. The number of rotatable bonds is 6. The molecule has 0 spiro atoms. The minimum Gasteiger partial charge on any atom is -0.361 e. The second-order valence-corrected chi connectivity index (χ2v) is 9.82. The van der Waals surface area contributed by atoms with Crippen LogP contribution in [0.5, 0.6) is 0 Å². The van der Waals surface area contributed by atoms with E-state index >= 15 is 0 Å². The third-order valence-corrected chi connectivity index (χ3v) is 7.19. The van der Waals surface area contributed by atoms with Crippen LogP contribution in [0.2, 0.25) is 0 Å². The highest BCUT2D eigenvalue weighted by Crippen LogP contribution is 2.32. The number of fused-ring (bicyclic) bond motifs is 1. The lowest BCUT2D eigenvalue weighted by Crippen LogP contribution is -2.28. The van der Waals surface area contributed by atoms with E-state index in [2.05, 4.69) is 69.4 Å². The van der Waals surface area contributed by atoms with Crippen LogP contribution in [0.15, 0.2) is 48.9 Å². The van der Waals surface area contributed by atoms with Gasteiger partial charge in [0.25, 0.3) is 0 Å². The fraction of sp³-hybridized carbons (Fsp3) is 0.300.